The quantitative estimate of drug-likeness (QED) is 0.463. The third kappa shape index (κ3) is 0.952. The highest BCUT2D eigenvalue weighted by atomic mass is 16.5. The Hall–Kier alpha value is -1.16. The van der Waals surface area contributed by atoms with Crippen molar-refractivity contribution >= 4 is 11.7 Å². The van der Waals surface area contributed by atoms with Gasteiger partial charge in [0.05, 0.1) is 18.8 Å². The number of ketones is 1. The summed E-state index contributed by atoms with van der Waals surface area (Å²) in [6, 6.07) is 0. The van der Waals surface area contributed by atoms with Crippen LogP contribution in [0.3, 0.4) is 0 Å². The Balaban J connectivity index is 2.27. The summed E-state index contributed by atoms with van der Waals surface area (Å²) in [5.74, 6) is -0.132. The van der Waals surface area contributed by atoms with Gasteiger partial charge in [0.25, 0.3) is 5.91 Å². The molecule has 0 aromatic carbocycles. The van der Waals surface area contributed by atoms with E-state index in [-0.39, 0.29) is 24.8 Å². The maximum absolute atomic E-state index is 11.0. The first kappa shape index (κ1) is 6.54. The van der Waals surface area contributed by atoms with Crippen molar-refractivity contribution in [1.29, 1.82) is 0 Å². The molecular formula is C7H7NO3. The maximum atomic E-state index is 11.0. The molecule has 4 heteroatoms. The van der Waals surface area contributed by atoms with Crippen LogP contribution in [0.1, 0.15) is 0 Å². The molecule has 0 N–H and O–H groups in total. The molecule has 0 bridgehead atoms. The molecule has 4 nitrogen and oxygen atoms in total. The van der Waals surface area contributed by atoms with Crippen molar-refractivity contribution in [2.24, 2.45) is 0 Å². The highest BCUT2D eigenvalue weighted by Gasteiger charge is 2.29. The molecule has 0 saturated carbocycles. The Labute approximate surface area is 63.4 Å². The number of hydrogen-bond donors (Lipinski definition) is 0. The van der Waals surface area contributed by atoms with Crippen LogP contribution < -0.4 is 0 Å². The van der Waals surface area contributed by atoms with E-state index in [9.17, 15) is 9.59 Å². The largest absolute Gasteiger partial charge is 0.365 e. The van der Waals surface area contributed by atoms with E-state index in [0.29, 0.717) is 12.3 Å². The summed E-state index contributed by atoms with van der Waals surface area (Å²) >= 11 is 0. The first-order chi connectivity index (χ1) is 5.27. The van der Waals surface area contributed by atoms with Crippen LogP contribution in [0.5, 0.6) is 0 Å². The third-order valence-electron chi connectivity index (χ3n) is 1.76. The predicted molar refractivity (Wildman–Crippen MR) is 35.6 cm³/mol. The lowest BCUT2D eigenvalue weighted by molar-refractivity contribution is -0.139. The SMILES string of the molecule is O=C1C=C2COCC(=O)N2C1. The van der Waals surface area contributed by atoms with E-state index in [1.807, 2.05) is 0 Å². The van der Waals surface area contributed by atoms with Crippen LogP contribution in [-0.4, -0.2) is 36.3 Å². The van der Waals surface area contributed by atoms with Crippen molar-refractivity contribution in [3.63, 3.8) is 0 Å². The minimum absolute atomic E-state index is 0.0150. The summed E-state index contributed by atoms with van der Waals surface area (Å²) in [6.07, 6.45) is 1.47. The van der Waals surface area contributed by atoms with Crippen molar-refractivity contribution in [2.75, 3.05) is 19.8 Å². The van der Waals surface area contributed by atoms with Crippen LogP contribution in [0.15, 0.2) is 11.8 Å². The minimum Gasteiger partial charge on any atom is -0.365 e. The van der Waals surface area contributed by atoms with Gasteiger partial charge in [-0.25, -0.2) is 0 Å². The second kappa shape index (κ2) is 2.17. The third-order valence-corrected chi connectivity index (χ3v) is 1.76. The van der Waals surface area contributed by atoms with E-state index < -0.39 is 0 Å². The number of rotatable bonds is 0. The van der Waals surface area contributed by atoms with E-state index >= 15 is 0 Å². The molecular weight excluding hydrogens is 146 g/mol. The monoisotopic (exact) mass is 153 g/mol. The Morgan fingerprint density at radius 3 is 2.91 bits per heavy atom. The fraction of sp³-hybridized carbons (Fsp3) is 0.429. The average molecular weight is 153 g/mol. The van der Waals surface area contributed by atoms with E-state index in [4.69, 9.17) is 4.74 Å². The molecule has 0 spiro atoms. The van der Waals surface area contributed by atoms with Crippen molar-refractivity contribution in [2.45, 2.75) is 0 Å². The minimum atomic E-state index is -0.117. The van der Waals surface area contributed by atoms with Crippen molar-refractivity contribution in [3.8, 4) is 0 Å². The van der Waals surface area contributed by atoms with Crippen LogP contribution >= 0.6 is 0 Å². The molecule has 2 aliphatic rings. The van der Waals surface area contributed by atoms with Crippen molar-refractivity contribution in [1.82, 2.24) is 4.90 Å². The van der Waals surface area contributed by atoms with E-state index in [1.54, 1.807) is 0 Å². The lowest BCUT2D eigenvalue weighted by atomic mass is 10.4. The molecule has 0 radical (unpaired) electrons. The molecule has 2 rings (SSSR count). The zero-order chi connectivity index (χ0) is 7.84. The van der Waals surface area contributed by atoms with Crippen LogP contribution in [-0.2, 0) is 14.3 Å². The summed E-state index contributed by atoms with van der Waals surface area (Å²) in [7, 11) is 0. The fourth-order valence-electron chi connectivity index (χ4n) is 1.26. The van der Waals surface area contributed by atoms with Gasteiger partial charge in [-0.3, -0.25) is 9.59 Å². The highest BCUT2D eigenvalue weighted by molar-refractivity contribution is 5.99. The summed E-state index contributed by atoms with van der Waals surface area (Å²) in [6.45, 7) is 0.694. The Bertz CT molecular complexity index is 256. The smallest absolute Gasteiger partial charge is 0.253 e. The fourth-order valence-corrected chi connectivity index (χ4v) is 1.26. The Morgan fingerprint density at radius 2 is 2.18 bits per heavy atom. The number of carbonyl (C=O) groups is 2. The molecule has 2 aliphatic heterocycles. The van der Waals surface area contributed by atoms with Gasteiger partial charge in [-0.15, -0.1) is 0 Å². The van der Waals surface area contributed by atoms with Gasteiger partial charge in [0.2, 0.25) is 0 Å². The van der Waals surface area contributed by atoms with E-state index in [1.165, 1.54) is 11.0 Å². The van der Waals surface area contributed by atoms with Gasteiger partial charge in [0.15, 0.2) is 5.78 Å². The zero-order valence-electron chi connectivity index (χ0n) is 5.87. The number of carbonyl (C=O) groups excluding carboxylic acids is 2. The molecule has 58 valence electrons. The molecule has 0 aliphatic carbocycles. The zero-order valence-corrected chi connectivity index (χ0v) is 5.87. The second-order valence-electron chi connectivity index (χ2n) is 2.57. The van der Waals surface area contributed by atoms with E-state index in [0.717, 1.165) is 0 Å². The number of morpholine rings is 1. The number of hydrogen-bond acceptors (Lipinski definition) is 3. The molecule has 0 atom stereocenters. The molecule has 0 aromatic rings. The van der Waals surface area contributed by atoms with Gasteiger partial charge in [-0.05, 0) is 0 Å². The molecule has 1 amide bonds. The standard InChI is InChI=1S/C7H7NO3/c9-6-1-5-3-11-4-7(10)8(5)2-6/h1H,2-4H2. The topological polar surface area (TPSA) is 46.6 Å². The number of amides is 1. The lowest BCUT2D eigenvalue weighted by Gasteiger charge is -2.23. The summed E-state index contributed by atoms with van der Waals surface area (Å²) in [5.41, 5.74) is 0.700. The Kier molecular flexibility index (Phi) is 1.29. The molecule has 2 heterocycles. The normalized spacial score (nSPS) is 23.6. The van der Waals surface area contributed by atoms with Gasteiger partial charge in [-0.1, -0.05) is 0 Å². The average Bonchev–Trinajstić information content (AvgIpc) is 2.31. The van der Waals surface area contributed by atoms with Crippen LogP contribution in [0.4, 0.5) is 0 Å². The van der Waals surface area contributed by atoms with Crippen LogP contribution in [0.2, 0.25) is 0 Å². The molecule has 1 fully saturated rings. The first-order valence-electron chi connectivity index (χ1n) is 3.39. The maximum Gasteiger partial charge on any atom is 0.253 e. The lowest BCUT2D eigenvalue weighted by Crippen LogP contribution is -2.38. The molecule has 0 aromatic heterocycles. The van der Waals surface area contributed by atoms with Crippen molar-refractivity contribution < 1.29 is 14.3 Å². The Morgan fingerprint density at radius 1 is 1.36 bits per heavy atom. The van der Waals surface area contributed by atoms with Crippen LogP contribution in [0, 0.1) is 0 Å². The summed E-state index contributed by atoms with van der Waals surface area (Å²) in [4.78, 5) is 23.3. The summed E-state index contributed by atoms with van der Waals surface area (Å²) < 4.78 is 4.93. The van der Waals surface area contributed by atoms with E-state index in [2.05, 4.69) is 0 Å². The number of ether oxygens (including phenoxy) is 1. The van der Waals surface area contributed by atoms with Crippen molar-refractivity contribution in [3.05, 3.63) is 11.8 Å². The molecule has 11 heavy (non-hydrogen) atoms. The first-order valence-corrected chi connectivity index (χ1v) is 3.39. The molecule has 0 unspecified atom stereocenters. The van der Waals surface area contributed by atoms with Gasteiger partial charge < -0.3 is 9.64 Å². The predicted octanol–water partition coefficient (Wildman–Crippen LogP) is -0.688. The number of nitrogens with zero attached hydrogens (tertiary/aromatic N) is 1. The van der Waals surface area contributed by atoms with Gasteiger partial charge in [0.1, 0.15) is 6.61 Å². The summed E-state index contributed by atoms with van der Waals surface area (Å²) in [5, 5.41) is 0. The van der Waals surface area contributed by atoms with Gasteiger partial charge in [-0.2, -0.15) is 0 Å². The van der Waals surface area contributed by atoms with Crippen LogP contribution in [0.25, 0.3) is 0 Å². The van der Waals surface area contributed by atoms with Gasteiger partial charge >= 0.3 is 0 Å². The second-order valence-corrected chi connectivity index (χ2v) is 2.57. The number of fused-ring (bicyclic) bond motifs is 1. The van der Waals surface area contributed by atoms with Gasteiger partial charge in [0, 0.05) is 6.08 Å². The molecule has 1 saturated heterocycles. The highest BCUT2D eigenvalue weighted by Crippen LogP contribution is 2.16.